The van der Waals surface area contributed by atoms with Crippen LogP contribution in [0.2, 0.25) is 0 Å². The molecule has 150 valence electrons. The van der Waals surface area contributed by atoms with Crippen LogP contribution < -0.4 is 5.32 Å². The summed E-state index contributed by atoms with van der Waals surface area (Å²) in [5.41, 5.74) is 3.05. The van der Waals surface area contributed by atoms with E-state index in [0.29, 0.717) is 24.2 Å². The number of nitrogens with one attached hydrogen (secondary N) is 1. The molecule has 1 unspecified atom stereocenters. The molecular formula is C24H22N4O2. The molecule has 2 aromatic heterocycles. The van der Waals surface area contributed by atoms with Crippen LogP contribution in [0.25, 0.3) is 12.2 Å². The number of aromatic nitrogens is 2. The van der Waals surface area contributed by atoms with Crippen LogP contribution in [0.15, 0.2) is 73.2 Å². The number of likely N-dealkylation sites (tertiary alicyclic amines) is 1. The third-order valence-corrected chi connectivity index (χ3v) is 5.03. The van der Waals surface area contributed by atoms with Gasteiger partial charge in [-0.25, -0.2) is 0 Å². The Balaban J connectivity index is 1.33. The monoisotopic (exact) mass is 398 g/mol. The largest absolute Gasteiger partial charge is 0.347 e. The van der Waals surface area contributed by atoms with Crippen molar-refractivity contribution in [3.63, 3.8) is 0 Å². The number of benzene rings is 1. The molecule has 3 aromatic rings. The van der Waals surface area contributed by atoms with Crippen molar-refractivity contribution in [1.29, 1.82) is 0 Å². The maximum atomic E-state index is 12.8. The van der Waals surface area contributed by atoms with Gasteiger partial charge in [0.25, 0.3) is 11.8 Å². The second-order valence-corrected chi connectivity index (χ2v) is 7.16. The number of rotatable bonds is 5. The molecule has 6 heteroatoms. The normalized spacial score (nSPS) is 16.0. The molecule has 3 heterocycles. The van der Waals surface area contributed by atoms with Crippen molar-refractivity contribution < 1.29 is 9.59 Å². The average molecular weight is 398 g/mol. The Morgan fingerprint density at radius 3 is 2.57 bits per heavy atom. The van der Waals surface area contributed by atoms with Crippen molar-refractivity contribution in [2.24, 2.45) is 0 Å². The van der Waals surface area contributed by atoms with Gasteiger partial charge < -0.3 is 10.2 Å². The fourth-order valence-electron chi connectivity index (χ4n) is 3.40. The quantitative estimate of drug-likeness (QED) is 0.716. The second kappa shape index (κ2) is 9.13. The zero-order valence-corrected chi connectivity index (χ0v) is 16.4. The molecule has 1 N–H and O–H groups in total. The molecule has 0 aliphatic carbocycles. The number of hydrogen-bond donors (Lipinski definition) is 1. The van der Waals surface area contributed by atoms with Crippen molar-refractivity contribution >= 4 is 24.0 Å². The molecule has 0 radical (unpaired) electrons. The van der Waals surface area contributed by atoms with E-state index in [1.165, 1.54) is 6.20 Å². The summed E-state index contributed by atoms with van der Waals surface area (Å²) in [7, 11) is 0. The molecule has 0 bridgehead atoms. The van der Waals surface area contributed by atoms with E-state index in [-0.39, 0.29) is 17.9 Å². The minimum atomic E-state index is -0.161. The molecule has 0 saturated carbocycles. The Hall–Kier alpha value is -3.80. The zero-order valence-electron chi connectivity index (χ0n) is 16.4. The molecule has 1 aliphatic rings. The number of carbonyl (C=O) groups excluding carboxylic acids is 2. The van der Waals surface area contributed by atoms with E-state index < -0.39 is 0 Å². The minimum Gasteiger partial charge on any atom is -0.347 e. The van der Waals surface area contributed by atoms with Gasteiger partial charge in [0.2, 0.25) is 0 Å². The van der Waals surface area contributed by atoms with Gasteiger partial charge in [-0.15, -0.1) is 0 Å². The van der Waals surface area contributed by atoms with Gasteiger partial charge in [-0.3, -0.25) is 19.6 Å². The summed E-state index contributed by atoms with van der Waals surface area (Å²) in [5, 5.41) is 2.98. The summed E-state index contributed by atoms with van der Waals surface area (Å²) in [6, 6.07) is 16.7. The van der Waals surface area contributed by atoms with Crippen LogP contribution in [0, 0.1) is 0 Å². The third kappa shape index (κ3) is 4.78. The van der Waals surface area contributed by atoms with Crippen LogP contribution in [0.3, 0.4) is 0 Å². The standard InChI is InChI=1S/C24H22N4O2/c29-23(20-4-3-13-25-16-20)27-22-12-15-28(17-22)24(30)19-9-6-18(7-10-19)8-11-21-5-1-2-14-26-21/h1-11,13-14,16,22H,12,15,17H2,(H,27,29). The van der Waals surface area contributed by atoms with E-state index in [9.17, 15) is 9.59 Å². The van der Waals surface area contributed by atoms with E-state index >= 15 is 0 Å². The molecule has 6 nitrogen and oxygen atoms in total. The van der Waals surface area contributed by atoms with Gasteiger partial charge in [0.15, 0.2) is 0 Å². The number of carbonyl (C=O) groups is 2. The first-order valence-electron chi connectivity index (χ1n) is 9.88. The van der Waals surface area contributed by atoms with E-state index in [4.69, 9.17) is 0 Å². The lowest BCUT2D eigenvalue weighted by atomic mass is 10.1. The summed E-state index contributed by atoms with van der Waals surface area (Å²) in [6.07, 6.45) is 9.57. The van der Waals surface area contributed by atoms with Gasteiger partial charge in [0.05, 0.1) is 11.3 Å². The lowest BCUT2D eigenvalue weighted by molar-refractivity contribution is 0.0783. The van der Waals surface area contributed by atoms with Gasteiger partial charge in [0, 0.05) is 43.3 Å². The highest BCUT2D eigenvalue weighted by Crippen LogP contribution is 2.16. The van der Waals surface area contributed by atoms with Crippen LogP contribution >= 0.6 is 0 Å². The predicted octanol–water partition coefficient (Wildman–Crippen LogP) is 3.29. The smallest absolute Gasteiger partial charge is 0.253 e. The van der Waals surface area contributed by atoms with Gasteiger partial charge in [0.1, 0.15) is 0 Å². The van der Waals surface area contributed by atoms with E-state index in [1.807, 2.05) is 54.6 Å². The van der Waals surface area contributed by atoms with Crippen molar-refractivity contribution in [3.05, 3.63) is 95.6 Å². The molecule has 2 amide bonds. The van der Waals surface area contributed by atoms with Crippen LogP contribution in [0.4, 0.5) is 0 Å². The Labute approximate surface area is 175 Å². The highest BCUT2D eigenvalue weighted by molar-refractivity contribution is 5.95. The van der Waals surface area contributed by atoms with E-state index in [0.717, 1.165) is 17.7 Å². The molecular weight excluding hydrogens is 376 g/mol. The number of pyridine rings is 2. The van der Waals surface area contributed by atoms with Crippen LogP contribution in [0.1, 0.15) is 38.4 Å². The SMILES string of the molecule is O=C(NC1CCN(C(=O)c2ccc(C=Cc3ccccn3)cc2)C1)c1cccnc1. The Morgan fingerprint density at radius 1 is 0.967 bits per heavy atom. The lowest BCUT2D eigenvalue weighted by Gasteiger charge is -2.17. The number of amides is 2. The van der Waals surface area contributed by atoms with Gasteiger partial charge in [-0.2, -0.15) is 0 Å². The van der Waals surface area contributed by atoms with Crippen LogP contribution in [0.5, 0.6) is 0 Å². The maximum Gasteiger partial charge on any atom is 0.253 e. The van der Waals surface area contributed by atoms with Crippen molar-refractivity contribution in [3.8, 4) is 0 Å². The first-order chi connectivity index (χ1) is 14.7. The molecule has 30 heavy (non-hydrogen) atoms. The Morgan fingerprint density at radius 2 is 1.83 bits per heavy atom. The van der Waals surface area contributed by atoms with Crippen molar-refractivity contribution in [2.45, 2.75) is 12.5 Å². The fourth-order valence-corrected chi connectivity index (χ4v) is 3.40. The summed E-state index contributed by atoms with van der Waals surface area (Å²) in [4.78, 5) is 35.1. The summed E-state index contributed by atoms with van der Waals surface area (Å²) in [6.45, 7) is 1.13. The summed E-state index contributed by atoms with van der Waals surface area (Å²) >= 11 is 0. The lowest BCUT2D eigenvalue weighted by Crippen LogP contribution is -2.38. The molecule has 4 rings (SSSR count). The van der Waals surface area contributed by atoms with Gasteiger partial charge in [-0.1, -0.05) is 24.3 Å². The van der Waals surface area contributed by atoms with Crippen LogP contribution in [-0.2, 0) is 0 Å². The zero-order chi connectivity index (χ0) is 20.8. The molecule has 1 atom stereocenters. The van der Waals surface area contributed by atoms with Crippen molar-refractivity contribution in [2.75, 3.05) is 13.1 Å². The average Bonchev–Trinajstić information content (AvgIpc) is 3.27. The van der Waals surface area contributed by atoms with E-state index in [2.05, 4.69) is 15.3 Å². The third-order valence-electron chi connectivity index (χ3n) is 5.03. The first kappa shape index (κ1) is 19.5. The number of hydrogen-bond acceptors (Lipinski definition) is 4. The molecule has 0 spiro atoms. The highest BCUT2D eigenvalue weighted by Gasteiger charge is 2.28. The topological polar surface area (TPSA) is 75.2 Å². The predicted molar refractivity (Wildman–Crippen MR) is 116 cm³/mol. The first-order valence-corrected chi connectivity index (χ1v) is 9.88. The number of nitrogens with zero attached hydrogens (tertiary/aromatic N) is 3. The fraction of sp³-hybridized carbons (Fsp3) is 0.167. The molecule has 1 fully saturated rings. The van der Waals surface area contributed by atoms with Crippen molar-refractivity contribution in [1.82, 2.24) is 20.2 Å². The molecule has 1 aliphatic heterocycles. The second-order valence-electron chi connectivity index (χ2n) is 7.16. The Bertz CT molecular complexity index is 1030. The van der Waals surface area contributed by atoms with Gasteiger partial charge in [-0.05, 0) is 54.5 Å². The van der Waals surface area contributed by atoms with Gasteiger partial charge >= 0.3 is 0 Å². The maximum absolute atomic E-state index is 12.8. The minimum absolute atomic E-state index is 0.0200. The highest BCUT2D eigenvalue weighted by atomic mass is 16.2. The van der Waals surface area contributed by atoms with Crippen LogP contribution in [-0.4, -0.2) is 45.8 Å². The Kier molecular flexibility index (Phi) is 5.94. The molecule has 1 aromatic carbocycles. The molecule has 1 saturated heterocycles. The summed E-state index contributed by atoms with van der Waals surface area (Å²) < 4.78 is 0. The summed E-state index contributed by atoms with van der Waals surface area (Å²) in [5.74, 6) is -0.181. The van der Waals surface area contributed by atoms with E-state index in [1.54, 1.807) is 29.4 Å².